The quantitative estimate of drug-likeness (QED) is 0.779. The van der Waals surface area contributed by atoms with Crippen molar-refractivity contribution < 1.29 is 14.1 Å². The lowest BCUT2D eigenvalue weighted by atomic mass is 9.96. The highest BCUT2D eigenvalue weighted by molar-refractivity contribution is 9.10. The standard InChI is InChI=1S/C19H22BrN5O3/c1-12(26)24-8-6-13(7-9-24)17-22-18(28-23-17)14-10-25(11-14)19(27)21-16-4-2-15(20)3-5-16/h2-5,13-14H,6-11H2,1H3,(H,21,27). The third kappa shape index (κ3) is 4.04. The molecule has 1 N–H and O–H groups in total. The summed E-state index contributed by atoms with van der Waals surface area (Å²) in [6.07, 6.45) is 1.70. The van der Waals surface area contributed by atoms with Gasteiger partial charge in [-0.05, 0) is 37.1 Å². The van der Waals surface area contributed by atoms with Gasteiger partial charge in [0.2, 0.25) is 11.8 Å². The van der Waals surface area contributed by atoms with Gasteiger partial charge in [-0.3, -0.25) is 4.79 Å². The van der Waals surface area contributed by atoms with Crippen molar-refractivity contribution in [2.45, 2.75) is 31.6 Å². The molecule has 9 heteroatoms. The molecule has 2 saturated heterocycles. The van der Waals surface area contributed by atoms with Crippen molar-refractivity contribution >= 4 is 33.6 Å². The molecule has 1 aromatic carbocycles. The first-order valence-corrected chi connectivity index (χ1v) is 10.2. The number of rotatable bonds is 3. The first-order valence-electron chi connectivity index (χ1n) is 9.40. The molecular formula is C19H22BrN5O3. The topological polar surface area (TPSA) is 91.6 Å². The molecule has 0 aliphatic carbocycles. The Morgan fingerprint density at radius 1 is 1.11 bits per heavy atom. The van der Waals surface area contributed by atoms with Crippen molar-refractivity contribution in [3.05, 3.63) is 40.5 Å². The molecule has 148 valence electrons. The van der Waals surface area contributed by atoms with E-state index in [-0.39, 0.29) is 23.8 Å². The zero-order chi connectivity index (χ0) is 19.7. The molecular weight excluding hydrogens is 426 g/mol. The van der Waals surface area contributed by atoms with E-state index in [9.17, 15) is 9.59 Å². The molecule has 4 rings (SSSR count). The maximum absolute atomic E-state index is 12.3. The average Bonchev–Trinajstić information content (AvgIpc) is 3.12. The first-order chi connectivity index (χ1) is 13.5. The fourth-order valence-electron chi connectivity index (χ4n) is 3.57. The van der Waals surface area contributed by atoms with E-state index in [1.807, 2.05) is 29.2 Å². The summed E-state index contributed by atoms with van der Waals surface area (Å²) in [7, 11) is 0. The van der Waals surface area contributed by atoms with Crippen LogP contribution in [0.4, 0.5) is 10.5 Å². The summed E-state index contributed by atoms with van der Waals surface area (Å²) in [4.78, 5) is 31.9. The maximum Gasteiger partial charge on any atom is 0.321 e. The lowest BCUT2D eigenvalue weighted by Gasteiger charge is -2.36. The van der Waals surface area contributed by atoms with Gasteiger partial charge in [-0.15, -0.1) is 0 Å². The van der Waals surface area contributed by atoms with Gasteiger partial charge in [0.05, 0.1) is 5.92 Å². The number of aromatic nitrogens is 2. The number of urea groups is 1. The number of halogens is 1. The number of anilines is 1. The predicted molar refractivity (Wildman–Crippen MR) is 106 cm³/mol. The highest BCUT2D eigenvalue weighted by atomic mass is 79.9. The monoisotopic (exact) mass is 447 g/mol. The summed E-state index contributed by atoms with van der Waals surface area (Å²) >= 11 is 3.38. The van der Waals surface area contributed by atoms with Crippen LogP contribution in [0.15, 0.2) is 33.3 Å². The summed E-state index contributed by atoms with van der Waals surface area (Å²) in [5, 5.41) is 7.03. The second kappa shape index (κ2) is 7.90. The molecule has 0 atom stereocenters. The van der Waals surface area contributed by atoms with Gasteiger partial charge in [0, 0.05) is 49.2 Å². The number of hydrogen-bond donors (Lipinski definition) is 1. The molecule has 2 fully saturated rings. The number of nitrogens with zero attached hydrogens (tertiary/aromatic N) is 4. The number of carbonyl (C=O) groups is 2. The number of benzene rings is 1. The lowest BCUT2D eigenvalue weighted by molar-refractivity contribution is -0.129. The van der Waals surface area contributed by atoms with Crippen LogP contribution in [0.1, 0.15) is 43.3 Å². The van der Waals surface area contributed by atoms with Crippen LogP contribution in [0.2, 0.25) is 0 Å². The molecule has 8 nitrogen and oxygen atoms in total. The van der Waals surface area contributed by atoms with Crippen LogP contribution < -0.4 is 5.32 Å². The molecule has 3 heterocycles. The normalized spacial score (nSPS) is 18.1. The molecule has 2 aromatic rings. The Morgan fingerprint density at radius 2 is 1.79 bits per heavy atom. The van der Waals surface area contributed by atoms with Crippen LogP contribution in [0, 0.1) is 0 Å². The smallest absolute Gasteiger partial charge is 0.321 e. The molecule has 1 aromatic heterocycles. The second-order valence-electron chi connectivity index (χ2n) is 7.31. The van der Waals surface area contributed by atoms with E-state index in [2.05, 4.69) is 31.4 Å². The molecule has 2 aliphatic heterocycles. The first kappa shape index (κ1) is 18.9. The van der Waals surface area contributed by atoms with Crippen molar-refractivity contribution in [2.24, 2.45) is 0 Å². The van der Waals surface area contributed by atoms with E-state index in [4.69, 9.17) is 4.52 Å². The number of hydrogen-bond acceptors (Lipinski definition) is 5. The maximum atomic E-state index is 12.3. The Hall–Kier alpha value is -2.42. The fraction of sp³-hybridized carbons (Fsp3) is 0.474. The summed E-state index contributed by atoms with van der Waals surface area (Å²) in [5.41, 5.74) is 0.758. The van der Waals surface area contributed by atoms with E-state index in [0.29, 0.717) is 19.0 Å². The Labute approximate surface area is 171 Å². The number of amides is 3. The number of piperidine rings is 1. The van der Waals surface area contributed by atoms with Crippen molar-refractivity contribution in [1.29, 1.82) is 0 Å². The van der Waals surface area contributed by atoms with Crippen LogP contribution in [-0.2, 0) is 4.79 Å². The van der Waals surface area contributed by atoms with Crippen LogP contribution in [0.5, 0.6) is 0 Å². The van der Waals surface area contributed by atoms with Crippen LogP contribution in [-0.4, -0.2) is 58.1 Å². The van der Waals surface area contributed by atoms with Gasteiger partial charge in [0.1, 0.15) is 0 Å². The highest BCUT2D eigenvalue weighted by Crippen LogP contribution is 2.30. The average molecular weight is 448 g/mol. The number of nitrogens with one attached hydrogen (secondary N) is 1. The summed E-state index contributed by atoms with van der Waals surface area (Å²) in [6, 6.07) is 7.34. The summed E-state index contributed by atoms with van der Waals surface area (Å²) < 4.78 is 6.42. The van der Waals surface area contributed by atoms with Gasteiger partial charge in [-0.1, -0.05) is 21.1 Å². The van der Waals surface area contributed by atoms with Gasteiger partial charge in [-0.2, -0.15) is 4.98 Å². The molecule has 0 radical (unpaired) electrons. The van der Waals surface area contributed by atoms with E-state index in [0.717, 1.165) is 41.9 Å². The summed E-state index contributed by atoms with van der Waals surface area (Å²) in [6.45, 7) is 4.19. The molecule has 0 bridgehead atoms. The van der Waals surface area contributed by atoms with E-state index >= 15 is 0 Å². The Kier molecular flexibility index (Phi) is 5.34. The highest BCUT2D eigenvalue weighted by Gasteiger charge is 2.36. The van der Waals surface area contributed by atoms with E-state index in [1.54, 1.807) is 11.8 Å². The molecule has 0 spiro atoms. The molecule has 3 amide bonds. The fourth-order valence-corrected chi connectivity index (χ4v) is 3.83. The van der Waals surface area contributed by atoms with Gasteiger partial charge in [0.15, 0.2) is 5.82 Å². The van der Waals surface area contributed by atoms with Crippen molar-refractivity contribution in [1.82, 2.24) is 19.9 Å². The summed E-state index contributed by atoms with van der Waals surface area (Å²) in [5.74, 6) is 1.73. The minimum Gasteiger partial charge on any atom is -0.343 e. The second-order valence-corrected chi connectivity index (χ2v) is 8.23. The van der Waals surface area contributed by atoms with E-state index in [1.165, 1.54) is 0 Å². The van der Waals surface area contributed by atoms with Gasteiger partial charge < -0.3 is 19.6 Å². The largest absolute Gasteiger partial charge is 0.343 e. The molecule has 28 heavy (non-hydrogen) atoms. The SMILES string of the molecule is CC(=O)N1CCC(c2noc(C3CN(C(=O)Nc4ccc(Br)cc4)C3)n2)CC1. The third-order valence-electron chi connectivity index (χ3n) is 5.38. The molecule has 0 saturated carbocycles. The van der Waals surface area contributed by atoms with Gasteiger partial charge >= 0.3 is 6.03 Å². The molecule has 2 aliphatic rings. The van der Waals surface area contributed by atoms with Crippen molar-refractivity contribution in [2.75, 3.05) is 31.5 Å². The van der Waals surface area contributed by atoms with Crippen molar-refractivity contribution in [3.8, 4) is 0 Å². The zero-order valence-corrected chi connectivity index (χ0v) is 17.2. The van der Waals surface area contributed by atoms with Crippen molar-refractivity contribution in [3.63, 3.8) is 0 Å². The van der Waals surface area contributed by atoms with E-state index < -0.39 is 0 Å². The van der Waals surface area contributed by atoms with Gasteiger partial charge in [0.25, 0.3) is 0 Å². The van der Waals surface area contributed by atoms with Crippen LogP contribution in [0.3, 0.4) is 0 Å². The Bertz CT molecular complexity index is 855. The van der Waals surface area contributed by atoms with Crippen LogP contribution in [0.25, 0.3) is 0 Å². The Morgan fingerprint density at radius 3 is 2.43 bits per heavy atom. The van der Waals surface area contributed by atoms with Gasteiger partial charge in [-0.25, -0.2) is 4.79 Å². The van der Waals surface area contributed by atoms with Crippen LogP contribution >= 0.6 is 15.9 Å². The number of carbonyl (C=O) groups excluding carboxylic acids is 2. The lowest BCUT2D eigenvalue weighted by Crippen LogP contribution is -2.50. The minimum atomic E-state index is -0.130. The zero-order valence-electron chi connectivity index (χ0n) is 15.6. The number of likely N-dealkylation sites (tertiary alicyclic amines) is 2. The third-order valence-corrected chi connectivity index (χ3v) is 5.91. The minimum absolute atomic E-state index is 0.0780. The Balaban J connectivity index is 1.28. The molecule has 0 unspecified atom stereocenters. The predicted octanol–water partition coefficient (Wildman–Crippen LogP) is 3.19.